The van der Waals surface area contributed by atoms with Crippen LogP contribution in [0.3, 0.4) is 0 Å². The lowest BCUT2D eigenvalue weighted by atomic mass is 10.1. The van der Waals surface area contributed by atoms with Gasteiger partial charge in [0.05, 0.1) is 17.1 Å². The molecule has 0 saturated carbocycles. The number of carbonyl (C=O) groups is 1. The van der Waals surface area contributed by atoms with Gasteiger partial charge in [-0.3, -0.25) is 4.79 Å². The van der Waals surface area contributed by atoms with Crippen LogP contribution in [0.1, 0.15) is 16.1 Å². The standard InChI is InChI=1S/C15H18ClN3O/c1-18(2)15(20)13-9-11(6-7-14(13)16)17-10-12-5-4-8-19(12)3/h4-9,17H,10H2,1-3H3. The topological polar surface area (TPSA) is 37.3 Å². The Bertz CT molecular complexity index is 619. The molecule has 1 aromatic carbocycles. The van der Waals surface area contributed by atoms with Crippen molar-refractivity contribution in [1.82, 2.24) is 9.47 Å². The van der Waals surface area contributed by atoms with Crippen LogP contribution in [-0.2, 0) is 13.6 Å². The molecule has 1 amide bonds. The highest BCUT2D eigenvalue weighted by Crippen LogP contribution is 2.22. The third kappa shape index (κ3) is 3.14. The zero-order chi connectivity index (χ0) is 14.7. The smallest absolute Gasteiger partial charge is 0.254 e. The Labute approximate surface area is 124 Å². The van der Waals surface area contributed by atoms with Gasteiger partial charge < -0.3 is 14.8 Å². The maximum Gasteiger partial charge on any atom is 0.254 e. The van der Waals surface area contributed by atoms with E-state index in [0.29, 0.717) is 17.1 Å². The largest absolute Gasteiger partial charge is 0.379 e. The Kier molecular flexibility index (Phi) is 4.35. The van der Waals surface area contributed by atoms with Crippen molar-refractivity contribution in [2.45, 2.75) is 6.54 Å². The molecule has 5 heteroatoms. The minimum Gasteiger partial charge on any atom is -0.379 e. The van der Waals surface area contributed by atoms with Crippen LogP contribution in [0.15, 0.2) is 36.5 Å². The van der Waals surface area contributed by atoms with E-state index >= 15 is 0 Å². The second-order valence-electron chi connectivity index (χ2n) is 4.86. The minimum absolute atomic E-state index is 0.0995. The highest BCUT2D eigenvalue weighted by Gasteiger charge is 2.13. The molecule has 2 aromatic rings. The Morgan fingerprint density at radius 3 is 2.70 bits per heavy atom. The van der Waals surface area contributed by atoms with Crippen LogP contribution in [0.4, 0.5) is 5.69 Å². The van der Waals surface area contributed by atoms with Gasteiger partial charge in [-0.25, -0.2) is 0 Å². The summed E-state index contributed by atoms with van der Waals surface area (Å²) in [5, 5.41) is 3.76. The van der Waals surface area contributed by atoms with Crippen molar-refractivity contribution in [2.24, 2.45) is 7.05 Å². The first kappa shape index (κ1) is 14.5. The number of rotatable bonds is 4. The lowest BCUT2D eigenvalue weighted by Crippen LogP contribution is -2.22. The highest BCUT2D eigenvalue weighted by molar-refractivity contribution is 6.34. The normalized spacial score (nSPS) is 10.4. The summed E-state index contributed by atoms with van der Waals surface area (Å²) in [5.74, 6) is -0.0995. The van der Waals surface area contributed by atoms with Crippen LogP contribution in [0, 0.1) is 0 Å². The predicted molar refractivity (Wildman–Crippen MR) is 82.2 cm³/mol. The van der Waals surface area contributed by atoms with Crippen molar-refractivity contribution in [3.05, 3.63) is 52.8 Å². The molecule has 0 saturated heterocycles. The summed E-state index contributed by atoms with van der Waals surface area (Å²) in [4.78, 5) is 13.5. The molecule has 0 fully saturated rings. The molecule has 0 unspecified atom stereocenters. The number of carbonyl (C=O) groups excluding carboxylic acids is 1. The van der Waals surface area contributed by atoms with Crippen molar-refractivity contribution in [1.29, 1.82) is 0 Å². The number of aryl methyl sites for hydroxylation is 1. The van der Waals surface area contributed by atoms with Crippen LogP contribution in [0.25, 0.3) is 0 Å². The molecular formula is C15H18ClN3O. The van der Waals surface area contributed by atoms with Crippen molar-refractivity contribution >= 4 is 23.2 Å². The first-order valence-corrected chi connectivity index (χ1v) is 6.72. The lowest BCUT2D eigenvalue weighted by molar-refractivity contribution is 0.0828. The van der Waals surface area contributed by atoms with E-state index < -0.39 is 0 Å². The minimum atomic E-state index is -0.0995. The van der Waals surface area contributed by atoms with Gasteiger partial charge in [-0.05, 0) is 30.3 Å². The molecule has 0 spiro atoms. The van der Waals surface area contributed by atoms with E-state index in [1.54, 1.807) is 26.2 Å². The number of anilines is 1. The van der Waals surface area contributed by atoms with Gasteiger partial charge in [-0.15, -0.1) is 0 Å². The summed E-state index contributed by atoms with van der Waals surface area (Å²) < 4.78 is 2.05. The number of amides is 1. The number of nitrogens with zero attached hydrogens (tertiary/aromatic N) is 2. The molecule has 0 aliphatic heterocycles. The van der Waals surface area contributed by atoms with Gasteiger partial charge in [0.15, 0.2) is 0 Å². The highest BCUT2D eigenvalue weighted by atomic mass is 35.5. The third-order valence-corrected chi connectivity index (χ3v) is 3.46. The summed E-state index contributed by atoms with van der Waals surface area (Å²) in [7, 11) is 5.42. The summed E-state index contributed by atoms with van der Waals surface area (Å²) in [6.45, 7) is 0.695. The van der Waals surface area contributed by atoms with Crippen molar-refractivity contribution in [3.8, 4) is 0 Å². The van der Waals surface area contributed by atoms with E-state index in [1.165, 1.54) is 10.6 Å². The van der Waals surface area contributed by atoms with Crippen LogP contribution >= 0.6 is 11.6 Å². The van der Waals surface area contributed by atoms with E-state index in [4.69, 9.17) is 11.6 Å². The number of benzene rings is 1. The Morgan fingerprint density at radius 1 is 1.35 bits per heavy atom. The van der Waals surface area contributed by atoms with Crippen molar-refractivity contribution in [2.75, 3.05) is 19.4 Å². The zero-order valence-corrected chi connectivity index (χ0v) is 12.6. The Hall–Kier alpha value is -1.94. The Morgan fingerprint density at radius 2 is 2.10 bits per heavy atom. The van der Waals surface area contributed by atoms with Gasteiger partial charge in [0, 0.05) is 38.7 Å². The predicted octanol–water partition coefficient (Wildman–Crippen LogP) is 2.99. The van der Waals surface area contributed by atoms with E-state index in [0.717, 1.165) is 5.69 Å². The first-order valence-electron chi connectivity index (χ1n) is 6.34. The summed E-state index contributed by atoms with van der Waals surface area (Å²) in [5.41, 5.74) is 2.55. The maximum absolute atomic E-state index is 12.0. The van der Waals surface area contributed by atoms with Gasteiger partial charge in [0.2, 0.25) is 0 Å². The van der Waals surface area contributed by atoms with E-state index in [-0.39, 0.29) is 5.91 Å². The number of nitrogens with one attached hydrogen (secondary N) is 1. The molecule has 1 heterocycles. The average molecular weight is 292 g/mol. The number of aromatic nitrogens is 1. The number of hydrogen-bond donors (Lipinski definition) is 1. The fraction of sp³-hybridized carbons (Fsp3) is 0.267. The molecule has 0 radical (unpaired) electrons. The van der Waals surface area contributed by atoms with Gasteiger partial charge in [0.1, 0.15) is 0 Å². The van der Waals surface area contributed by atoms with Gasteiger partial charge >= 0.3 is 0 Å². The van der Waals surface area contributed by atoms with Crippen LogP contribution in [0.5, 0.6) is 0 Å². The molecule has 4 nitrogen and oxygen atoms in total. The van der Waals surface area contributed by atoms with Gasteiger partial charge in [-0.1, -0.05) is 11.6 Å². The summed E-state index contributed by atoms with van der Waals surface area (Å²) in [6, 6.07) is 9.45. The molecule has 0 aliphatic carbocycles. The molecule has 106 valence electrons. The second kappa shape index (κ2) is 6.01. The molecular weight excluding hydrogens is 274 g/mol. The molecule has 20 heavy (non-hydrogen) atoms. The molecule has 1 aromatic heterocycles. The molecule has 0 atom stereocenters. The average Bonchev–Trinajstić information content (AvgIpc) is 2.82. The molecule has 0 aliphatic rings. The fourth-order valence-corrected chi connectivity index (χ4v) is 2.11. The molecule has 1 N–H and O–H groups in total. The van der Waals surface area contributed by atoms with Crippen molar-refractivity contribution in [3.63, 3.8) is 0 Å². The molecule has 2 rings (SSSR count). The van der Waals surface area contributed by atoms with Crippen molar-refractivity contribution < 1.29 is 4.79 Å². The van der Waals surface area contributed by atoms with Crippen LogP contribution in [-0.4, -0.2) is 29.5 Å². The first-order chi connectivity index (χ1) is 9.49. The maximum atomic E-state index is 12.0. The third-order valence-electron chi connectivity index (χ3n) is 3.13. The SMILES string of the molecule is CN(C)C(=O)c1cc(NCc2cccn2C)ccc1Cl. The quantitative estimate of drug-likeness (QED) is 0.940. The van der Waals surface area contributed by atoms with E-state index in [1.807, 2.05) is 25.4 Å². The number of halogens is 1. The fourth-order valence-electron chi connectivity index (χ4n) is 1.91. The Balaban J connectivity index is 2.15. The van der Waals surface area contributed by atoms with Crippen LogP contribution in [0.2, 0.25) is 5.02 Å². The number of hydrogen-bond acceptors (Lipinski definition) is 2. The van der Waals surface area contributed by atoms with E-state index in [9.17, 15) is 4.79 Å². The van der Waals surface area contributed by atoms with Gasteiger partial charge in [-0.2, -0.15) is 0 Å². The zero-order valence-electron chi connectivity index (χ0n) is 11.9. The monoisotopic (exact) mass is 291 g/mol. The van der Waals surface area contributed by atoms with Crippen LogP contribution < -0.4 is 5.32 Å². The van der Waals surface area contributed by atoms with Gasteiger partial charge in [0.25, 0.3) is 5.91 Å². The summed E-state index contributed by atoms with van der Waals surface area (Å²) >= 11 is 6.08. The van der Waals surface area contributed by atoms with E-state index in [2.05, 4.69) is 16.0 Å². The molecule has 0 bridgehead atoms. The lowest BCUT2D eigenvalue weighted by Gasteiger charge is -2.14. The summed E-state index contributed by atoms with van der Waals surface area (Å²) in [6.07, 6.45) is 2.00. The second-order valence-corrected chi connectivity index (χ2v) is 5.27.